The molecule has 0 heterocycles. The average Bonchev–Trinajstić information content (AvgIpc) is 3.49. The summed E-state index contributed by atoms with van der Waals surface area (Å²) in [6.45, 7) is 12.1. The lowest BCUT2D eigenvalue weighted by molar-refractivity contribution is -0.131. The lowest BCUT2D eigenvalue weighted by Gasteiger charge is -2.21. The third-order valence-electron chi connectivity index (χ3n) is 5.79. The normalized spacial score (nSPS) is 14.2. The number of anilines is 3. The van der Waals surface area contributed by atoms with Crippen LogP contribution in [0.4, 0.5) is 17.1 Å². The fraction of sp³-hybridized carbons (Fsp3) is 0.417. The number of nitrogens with one attached hydrogen (secondary N) is 2. The van der Waals surface area contributed by atoms with Gasteiger partial charge in [0, 0.05) is 30.2 Å². The highest BCUT2D eigenvalue weighted by molar-refractivity contribution is 6.17. The minimum atomic E-state index is -0.971. The second-order valence-corrected chi connectivity index (χ2v) is 7.98. The van der Waals surface area contributed by atoms with Gasteiger partial charge in [-0.15, -0.1) is 0 Å². The van der Waals surface area contributed by atoms with Crippen LogP contribution in [0.25, 0.3) is 0 Å². The van der Waals surface area contributed by atoms with Crippen molar-refractivity contribution < 1.29 is 9.59 Å². The molecule has 0 aliphatic heterocycles. The van der Waals surface area contributed by atoms with Crippen LogP contribution >= 0.6 is 0 Å². The zero-order valence-electron chi connectivity index (χ0n) is 18.1. The van der Waals surface area contributed by atoms with E-state index in [9.17, 15) is 9.59 Å². The van der Waals surface area contributed by atoms with Crippen molar-refractivity contribution in [1.29, 1.82) is 0 Å². The summed E-state index contributed by atoms with van der Waals surface area (Å²) in [5.74, 6) is -0.446. The molecule has 1 aliphatic rings. The van der Waals surface area contributed by atoms with E-state index >= 15 is 0 Å². The Balaban J connectivity index is 1.70. The number of hydrogen-bond donors (Lipinski definition) is 2. The minimum Gasteiger partial charge on any atom is -0.372 e. The molecule has 2 aromatic rings. The molecule has 1 aliphatic carbocycles. The summed E-state index contributed by atoms with van der Waals surface area (Å²) in [5, 5.41) is 5.94. The third kappa shape index (κ3) is 4.29. The van der Waals surface area contributed by atoms with Crippen molar-refractivity contribution in [3.63, 3.8) is 0 Å². The Morgan fingerprint density at radius 1 is 0.897 bits per heavy atom. The van der Waals surface area contributed by atoms with Gasteiger partial charge in [-0.3, -0.25) is 9.59 Å². The van der Waals surface area contributed by atoms with Gasteiger partial charge in [0.1, 0.15) is 5.41 Å². The highest BCUT2D eigenvalue weighted by Crippen LogP contribution is 2.48. The second-order valence-electron chi connectivity index (χ2n) is 7.98. The average molecular weight is 394 g/mol. The fourth-order valence-electron chi connectivity index (χ4n) is 3.89. The first-order chi connectivity index (χ1) is 13.8. The van der Waals surface area contributed by atoms with E-state index < -0.39 is 5.41 Å². The molecule has 0 atom stereocenters. The Bertz CT molecular complexity index is 887. The molecule has 1 fully saturated rings. The van der Waals surface area contributed by atoms with Gasteiger partial charge in [-0.25, -0.2) is 0 Å². The summed E-state index contributed by atoms with van der Waals surface area (Å²) >= 11 is 0. The molecule has 0 spiro atoms. The number of amides is 2. The van der Waals surface area contributed by atoms with Crippen molar-refractivity contribution in [3.05, 3.63) is 53.1 Å². The lowest BCUT2D eigenvalue weighted by Crippen LogP contribution is -2.36. The first kappa shape index (κ1) is 20.9. The molecule has 0 radical (unpaired) electrons. The maximum atomic E-state index is 13.0. The van der Waals surface area contributed by atoms with Crippen molar-refractivity contribution >= 4 is 28.9 Å². The minimum absolute atomic E-state index is 0.218. The van der Waals surface area contributed by atoms with E-state index in [-0.39, 0.29) is 11.8 Å². The first-order valence-electron chi connectivity index (χ1n) is 10.4. The van der Waals surface area contributed by atoms with Crippen LogP contribution in [0.15, 0.2) is 36.4 Å². The third-order valence-corrected chi connectivity index (χ3v) is 5.79. The summed E-state index contributed by atoms with van der Waals surface area (Å²) < 4.78 is 0. The number of hydrogen-bond acceptors (Lipinski definition) is 3. The molecule has 0 aromatic heterocycles. The monoisotopic (exact) mass is 393 g/mol. The van der Waals surface area contributed by atoms with Gasteiger partial charge in [0.25, 0.3) is 0 Å². The Morgan fingerprint density at radius 3 is 1.90 bits per heavy atom. The number of benzene rings is 2. The zero-order chi connectivity index (χ0) is 21.2. The van der Waals surface area contributed by atoms with Crippen LogP contribution < -0.4 is 15.5 Å². The number of nitrogens with zero attached hydrogens (tertiary/aromatic N) is 1. The highest BCUT2D eigenvalue weighted by atomic mass is 16.2. The van der Waals surface area contributed by atoms with Crippen molar-refractivity contribution in [2.75, 3.05) is 28.6 Å². The van der Waals surface area contributed by atoms with Crippen LogP contribution in [-0.4, -0.2) is 24.9 Å². The van der Waals surface area contributed by atoms with E-state index in [0.29, 0.717) is 18.5 Å². The molecular formula is C24H31N3O2. The van der Waals surface area contributed by atoms with Crippen molar-refractivity contribution in [1.82, 2.24) is 0 Å². The Hall–Kier alpha value is -2.82. The van der Waals surface area contributed by atoms with E-state index in [1.165, 1.54) is 0 Å². The van der Waals surface area contributed by atoms with Crippen LogP contribution in [-0.2, 0) is 9.59 Å². The van der Waals surface area contributed by atoms with Gasteiger partial charge in [-0.2, -0.15) is 0 Å². The van der Waals surface area contributed by atoms with E-state index in [1.807, 2.05) is 57.2 Å². The molecule has 2 aromatic carbocycles. The van der Waals surface area contributed by atoms with Gasteiger partial charge in [0.05, 0.1) is 0 Å². The second kappa shape index (κ2) is 8.27. The number of carbonyl (C=O) groups excluding carboxylic acids is 2. The van der Waals surface area contributed by atoms with E-state index in [1.54, 1.807) is 0 Å². The summed E-state index contributed by atoms with van der Waals surface area (Å²) in [7, 11) is 0. The summed E-state index contributed by atoms with van der Waals surface area (Å²) in [6.07, 6.45) is 1.15. The largest absolute Gasteiger partial charge is 0.372 e. The summed E-state index contributed by atoms with van der Waals surface area (Å²) in [5.41, 5.74) is 4.86. The maximum absolute atomic E-state index is 13.0. The van der Waals surface area contributed by atoms with E-state index in [2.05, 4.69) is 29.4 Å². The number of aryl methyl sites for hydroxylation is 3. The highest BCUT2D eigenvalue weighted by Gasteiger charge is 2.56. The molecule has 0 unspecified atom stereocenters. The standard InChI is InChI=1S/C24H31N3O2/c1-6-27(7-2)20-10-8-19(9-11-20)25-22(28)24(12-13-24)23(29)26-21-17(4)14-16(3)15-18(21)5/h8-11,14-15H,6-7,12-13H2,1-5H3,(H,25,28)(H,26,29). The SMILES string of the molecule is CCN(CC)c1ccc(NC(=O)C2(C(=O)Nc3c(C)cc(C)cc3C)CC2)cc1. The van der Waals surface area contributed by atoms with Crippen LogP contribution in [0.1, 0.15) is 43.4 Å². The van der Waals surface area contributed by atoms with Crippen LogP contribution in [0, 0.1) is 26.2 Å². The first-order valence-corrected chi connectivity index (χ1v) is 10.4. The van der Waals surface area contributed by atoms with Crippen LogP contribution in [0.5, 0.6) is 0 Å². The van der Waals surface area contributed by atoms with Crippen molar-refractivity contribution in [3.8, 4) is 0 Å². The molecule has 29 heavy (non-hydrogen) atoms. The Labute approximate surface area is 173 Å². The molecule has 1 saturated carbocycles. The quantitative estimate of drug-likeness (QED) is 0.663. The number of rotatable bonds is 7. The number of carbonyl (C=O) groups is 2. The Kier molecular flexibility index (Phi) is 5.96. The lowest BCUT2D eigenvalue weighted by atomic mass is 10.0. The predicted octanol–water partition coefficient (Wildman–Crippen LogP) is 4.82. The van der Waals surface area contributed by atoms with Gasteiger partial charge in [0.2, 0.25) is 11.8 Å². The summed E-state index contributed by atoms with van der Waals surface area (Å²) in [6, 6.07) is 11.9. The molecule has 5 nitrogen and oxygen atoms in total. The van der Waals surface area contributed by atoms with Crippen LogP contribution in [0.3, 0.4) is 0 Å². The van der Waals surface area contributed by atoms with Gasteiger partial charge in [0.15, 0.2) is 0 Å². The van der Waals surface area contributed by atoms with E-state index in [0.717, 1.165) is 41.2 Å². The Morgan fingerprint density at radius 2 is 1.41 bits per heavy atom. The molecule has 0 bridgehead atoms. The fourth-order valence-corrected chi connectivity index (χ4v) is 3.89. The van der Waals surface area contributed by atoms with E-state index in [4.69, 9.17) is 0 Å². The topological polar surface area (TPSA) is 61.4 Å². The molecule has 5 heteroatoms. The zero-order valence-corrected chi connectivity index (χ0v) is 18.1. The molecule has 154 valence electrons. The molecule has 3 rings (SSSR count). The smallest absolute Gasteiger partial charge is 0.240 e. The van der Waals surface area contributed by atoms with Crippen molar-refractivity contribution in [2.45, 2.75) is 47.5 Å². The van der Waals surface area contributed by atoms with Gasteiger partial charge >= 0.3 is 0 Å². The van der Waals surface area contributed by atoms with Gasteiger partial charge in [-0.1, -0.05) is 17.7 Å². The molecule has 2 N–H and O–H groups in total. The summed E-state index contributed by atoms with van der Waals surface area (Å²) in [4.78, 5) is 28.1. The molecule has 0 saturated heterocycles. The molecular weight excluding hydrogens is 362 g/mol. The van der Waals surface area contributed by atoms with Crippen LogP contribution in [0.2, 0.25) is 0 Å². The molecule has 2 amide bonds. The van der Waals surface area contributed by atoms with Gasteiger partial charge in [-0.05, 0) is 82.9 Å². The maximum Gasteiger partial charge on any atom is 0.240 e. The predicted molar refractivity (Wildman–Crippen MR) is 120 cm³/mol. The van der Waals surface area contributed by atoms with Gasteiger partial charge < -0.3 is 15.5 Å². The van der Waals surface area contributed by atoms with Crippen molar-refractivity contribution in [2.24, 2.45) is 5.41 Å².